The Kier molecular flexibility index (Phi) is 2.68. The summed E-state index contributed by atoms with van der Waals surface area (Å²) in [5, 5.41) is 0. The highest BCUT2D eigenvalue weighted by atomic mass is 19.1. The summed E-state index contributed by atoms with van der Waals surface area (Å²) in [6.07, 6.45) is 2.17. The lowest BCUT2D eigenvalue weighted by Crippen LogP contribution is -2.35. The first-order valence-corrected chi connectivity index (χ1v) is 6.17. The van der Waals surface area contributed by atoms with E-state index in [-0.39, 0.29) is 11.9 Å². The minimum absolute atomic E-state index is 0.224. The van der Waals surface area contributed by atoms with Crippen molar-refractivity contribution in [3.63, 3.8) is 0 Å². The summed E-state index contributed by atoms with van der Waals surface area (Å²) in [5.41, 5.74) is 0. The second-order valence-corrected chi connectivity index (χ2v) is 5.30. The third kappa shape index (κ3) is 1.67. The Bertz CT molecular complexity index is 265. The molecule has 3 aliphatic rings. The highest BCUT2D eigenvalue weighted by molar-refractivity contribution is 4.98. The number of methoxy groups -OCH3 is 1. The monoisotopic (exact) mass is 230 g/mol. The fraction of sp³-hybridized carbons (Fsp3) is 1.00. The predicted molar refractivity (Wildman–Crippen MR) is 55.8 cm³/mol. The summed E-state index contributed by atoms with van der Waals surface area (Å²) in [5.74, 6) is 0.548. The molecule has 4 atom stereocenters. The molecule has 0 N–H and O–H groups in total. The lowest BCUT2D eigenvalue weighted by Gasteiger charge is -2.33. The molecule has 3 fully saturated rings. The van der Waals surface area contributed by atoms with E-state index < -0.39 is 6.17 Å². The number of ether oxygens (including phenoxy) is 3. The fourth-order valence-corrected chi connectivity index (χ4v) is 3.63. The molecule has 1 saturated heterocycles. The molecule has 16 heavy (non-hydrogen) atoms. The Morgan fingerprint density at radius 3 is 2.38 bits per heavy atom. The van der Waals surface area contributed by atoms with Crippen LogP contribution in [0.3, 0.4) is 0 Å². The molecule has 2 aliphatic carbocycles. The van der Waals surface area contributed by atoms with Crippen LogP contribution in [0.2, 0.25) is 0 Å². The molecule has 2 saturated carbocycles. The van der Waals surface area contributed by atoms with Gasteiger partial charge in [-0.2, -0.15) is 0 Å². The van der Waals surface area contributed by atoms with Crippen LogP contribution in [0.25, 0.3) is 0 Å². The van der Waals surface area contributed by atoms with Crippen molar-refractivity contribution in [2.45, 2.75) is 43.7 Å². The van der Waals surface area contributed by atoms with E-state index in [9.17, 15) is 4.39 Å². The molecule has 4 heteroatoms. The van der Waals surface area contributed by atoms with Gasteiger partial charge in [0.2, 0.25) is 0 Å². The Labute approximate surface area is 95.2 Å². The van der Waals surface area contributed by atoms with Gasteiger partial charge in [-0.05, 0) is 24.7 Å². The summed E-state index contributed by atoms with van der Waals surface area (Å²) in [4.78, 5) is 0. The Hall–Kier alpha value is -0.190. The smallest absolute Gasteiger partial charge is 0.169 e. The molecule has 0 unspecified atom stereocenters. The summed E-state index contributed by atoms with van der Waals surface area (Å²) in [6, 6.07) is 0. The molecule has 0 amide bonds. The highest BCUT2D eigenvalue weighted by Crippen LogP contribution is 2.51. The van der Waals surface area contributed by atoms with Crippen molar-refractivity contribution in [2.24, 2.45) is 11.8 Å². The molecule has 1 heterocycles. The van der Waals surface area contributed by atoms with Crippen molar-refractivity contribution in [1.82, 2.24) is 0 Å². The van der Waals surface area contributed by atoms with Crippen LogP contribution in [-0.4, -0.2) is 38.4 Å². The van der Waals surface area contributed by atoms with E-state index in [2.05, 4.69) is 0 Å². The average Bonchev–Trinajstić information content (AvgIpc) is 2.84. The Morgan fingerprint density at radius 1 is 1.12 bits per heavy atom. The second-order valence-electron chi connectivity index (χ2n) is 5.30. The minimum Gasteiger partial charge on any atom is -0.378 e. The number of rotatable bonds is 1. The zero-order chi connectivity index (χ0) is 11.2. The number of alkyl halides is 1. The largest absolute Gasteiger partial charge is 0.378 e. The molecule has 0 aromatic heterocycles. The first kappa shape index (κ1) is 10.9. The normalized spacial score (nSPS) is 46.1. The van der Waals surface area contributed by atoms with E-state index in [1.807, 2.05) is 0 Å². The standard InChI is InChI=1S/C12H19FO3/c1-14-11-5-9-7-12(15-2-3-16-12)6-8(9)4-10(11)13/h8-11H,2-7H2,1H3/t8-,9-,10-,11-/m0/s1. The van der Waals surface area contributed by atoms with Crippen molar-refractivity contribution >= 4 is 0 Å². The van der Waals surface area contributed by atoms with Gasteiger partial charge in [0, 0.05) is 20.0 Å². The van der Waals surface area contributed by atoms with Crippen LogP contribution < -0.4 is 0 Å². The third-order valence-electron chi connectivity index (χ3n) is 4.40. The van der Waals surface area contributed by atoms with E-state index in [1.165, 1.54) is 0 Å². The number of hydrogen-bond acceptors (Lipinski definition) is 3. The zero-order valence-corrected chi connectivity index (χ0v) is 9.65. The molecule has 1 spiro atoms. The van der Waals surface area contributed by atoms with E-state index >= 15 is 0 Å². The molecular formula is C12H19FO3. The second kappa shape index (κ2) is 3.93. The van der Waals surface area contributed by atoms with Crippen LogP contribution in [-0.2, 0) is 14.2 Å². The van der Waals surface area contributed by atoms with E-state index in [0.717, 1.165) is 19.3 Å². The lowest BCUT2D eigenvalue weighted by atomic mass is 9.79. The van der Waals surface area contributed by atoms with Gasteiger partial charge in [-0.3, -0.25) is 0 Å². The van der Waals surface area contributed by atoms with Crippen molar-refractivity contribution in [2.75, 3.05) is 20.3 Å². The zero-order valence-electron chi connectivity index (χ0n) is 9.65. The quantitative estimate of drug-likeness (QED) is 0.688. The topological polar surface area (TPSA) is 27.7 Å². The average molecular weight is 230 g/mol. The van der Waals surface area contributed by atoms with E-state index in [0.29, 0.717) is 31.5 Å². The van der Waals surface area contributed by atoms with Crippen LogP contribution in [0.4, 0.5) is 4.39 Å². The van der Waals surface area contributed by atoms with Gasteiger partial charge in [-0.25, -0.2) is 4.39 Å². The summed E-state index contributed by atoms with van der Waals surface area (Å²) in [6.45, 7) is 1.37. The maximum absolute atomic E-state index is 13.8. The lowest BCUT2D eigenvalue weighted by molar-refractivity contribution is -0.154. The van der Waals surface area contributed by atoms with E-state index in [1.54, 1.807) is 7.11 Å². The first-order chi connectivity index (χ1) is 7.72. The first-order valence-electron chi connectivity index (χ1n) is 6.17. The van der Waals surface area contributed by atoms with Crippen LogP contribution in [0, 0.1) is 11.8 Å². The van der Waals surface area contributed by atoms with Gasteiger partial charge < -0.3 is 14.2 Å². The van der Waals surface area contributed by atoms with Crippen LogP contribution in [0.5, 0.6) is 0 Å². The minimum atomic E-state index is -0.817. The van der Waals surface area contributed by atoms with Crippen LogP contribution in [0.1, 0.15) is 25.7 Å². The number of hydrogen-bond donors (Lipinski definition) is 0. The summed E-state index contributed by atoms with van der Waals surface area (Å²) < 4.78 is 30.4. The van der Waals surface area contributed by atoms with Gasteiger partial charge in [0.25, 0.3) is 0 Å². The van der Waals surface area contributed by atoms with Gasteiger partial charge in [-0.1, -0.05) is 0 Å². The molecule has 92 valence electrons. The SMILES string of the molecule is CO[C@H]1C[C@H]2CC3(C[C@@H]2C[C@@H]1F)OCCO3. The number of halogens is 1. The van der Waals surface area contributed by atoms with Gasteiger partial charge in [0.15, 0.2) is 5.79 Å². The summed E-state index contributed by atoms with van der Waals surface area (Å²) in [7, 11) is 1.60. The molecule has 0 radical (unpaired) electrons. The van der Waals surface area contributed by atoms with Crippen molar-refractivity contribution in [1.29, 1.82) is 0 Å². The molecular weight excluding hydrogens is 211 g/mol. The Balaban J connectivity index is 1.71. The third-order valence-corrected chi connectivity index (χ3v) is 4.40. The van der Waals surface area contributed by atoms with Crippen LogP contribution >= 0.6 is 0 Å². The van der Waals surface area contributed by atoms with Gasteiger partial charge in [0.05, 0.1) is 19.3 Å². The Morgan fingerprint density at radius 2 is 1.75 bits per heavy atom. The molecule has 3 rings (SSSR count). The van der Waals surface area contributed by atoms with Crippen molar-refractivity contribution < 1.29 is 18.6 Å². The molecule has 0 aromatic rings. The van der Waals surface area contributed by atoms with Crippen LogP contribution in [0.15, 0.2) is 0 Å². The molecule has 3 nitrogen and oxygen atoms in total. The summed E-state index contributed by atoms with van der Waals surface area (Å²) >= 11 is 0. The highest BCUT2D eigenvalue weighted by Gasteiger charge is 2.52. The molecule has 1 aliphatic heterocycles. The fourth-order valence-electron chi connectivity index (χ4n) is 3.63. The van der Waals surface area contributed by atoms with Crippen molar-refractivity contribution in [3.05, 3.63) is 0 Å². The molecule has 0 aromatic carbocycles. The van der Waals surface area contributed by atoms with E-state index in [4.69, 9.17) is 14.2 Å². The maximum atomic E-state index is 13.8. The van der Waals surface area contributed by atoms with Gasteiger partial charge in [-0.15, -0.1) is 0 Å². The maximum Gasteiger partial charge on any atom is 0.169 e. The number of fused-ring (bicyclic) bond motifs is 1. The van der Waals surface area contributed by atoms with Gasteiger partial charge >= 0.3 is 0 Å². The predicted octanol–water partition coefficient (Wildman–Crippen LogP) is 1.90. The van der Waals surface area contributed by atoms with Crippen molar-refractivity contribution in [3.8, 4) is 0 Å². The molecule has 0 bridgehead atoms. The van der Waals surface area contributed by atoms with Gasteiger partial charge in [0.1, 0.15) is 6.17 Å².